The van der Waals surface area contributed by atoms with Crippen molar-refractivity contribution in [3.8, 4) is 17.6 Å². The fraction of sp³-hybridized carbons (Fsp3) is 0.458. The third-order valence-corrected chi connectivity index (χ3v) is 5.71. The number of piperazine rings is 1. The van der Waals surface area contributed by atoms with E-state index in [0.717, 1.165) is 49.8 Å². The van der Waals surface area contributed by atoms with Crippen molar-refractivity contribution in [3.63, 3.8) is 0 Å². The lowest BCUT2D eigenvalue weighted by Gasteiger charge is -2.31. The molecule has 3 N–H and O–H groups in total. The van der Waals surface area contributed by atoms with Crippen LogP contribution >= 0.6 is 0 Å². The Morgan fingerprint density at radius 3 is 2.43 bits per heavy atom. The number of nitrogens with zero attached hydrogens (tertiary/aromatic N) is 1. The van der Waals surface area contributed by atoms with Crippen molar-refractivity contribution in [1.82, 2.24) is 0 Å². The van der Waals surface area contributed by atoms with E-state index in [9.17, 15) is 5.11 Å². The van der Waals surface area contributed by atoms with Gasteiger partial charge in [0.15, 0.2) is 0 Å². The summed E-state index contributed by atoms with van der Waals surface area (Å²) in [6.07, 6.45) is -0.0890. The molecule has 1 aliphatic rings. The molecule has 0 bridgehead atoms. The molecule has 6 nitrogen and oxygen atoms in total. The first-order chi connectivity index (χ1) is 14.6. The molecule has 1 fully saturated rings. The first-order valence-electron chi connectivity index (χ1n) is 10.6. The predicted octanol–water partition coefficient (Wildman–Crippen LogP) is -0.207. The molecule has 1 saturated heterocycles. The summed E-state index contributed by atoms with van der Waals surface area (Å²) in [6.45, 7) is 8.34. The van der Waals surface area contributed by atoms with Crippen molar-refractivity contribution in [1.29, 1.82) is 5.26 Å². The highest BCUT2D eigenvalue weighted by Gasteiger charge is 2.26. The quantitative estimate of drug-likeness (QED) is 0.534. The minimum absolute atomic E-state index is 0.290. The van der Waals surface area contributed by atoms with E-state index in [-0.39, 0.29) is 6.61 Å². The largest absolute Gasteiger partial charge is 0.496 e. The number of benzene rings is 2. The first kappa shape index (κ1) is 22.1. The molecule has 160 valence electrons. The summed E-state index contributed by atoms with van der Waals surface area (Å²) in [5.74, 6) is 1.70. The smallest absolute Gasteiger partial charge is 0.137 e. The molecule has 1 heterocycles. The van der Waals surface area contributed by atoms with Gasteiger partial charge in [0.1, 0.15) is 63.5 Å². The number of nitriles is 1. The number of hydrogen-bond donors (Lipinski definition) is 3. The van der Waals surface area contributed by atoms with Gasteiger partial charge in [0.05, 0.1) is 19.6 Å². The minimum Gasteiger partial charge on any atom is -0.496 e. The van der Waals surface area contributed by atoms with Gasteiger partial charge in [-0.2, -0.15) is 5.26 Å². The Morgan fingerprint density at radius 2 is 1.77 bits per heavy atom. The maximum absolute atomic E-state index is 10.4. The standard InChI is InChI=1S/C24H31N3O3/c1-19-3-8-24(29-2)21(15-19)16-26-11-13-27(14-12-26)17-22(28)18-30-23-6-4-20(5-7-23)9-10-25/h3-8,15,22,28H,9,11-14,16-18H2,1-2H3/p+2/t22-/m1/s1. The van der Waals surface area contributed by atoms with Crippen molar-refractivity contribution in [3.05, 3.63) is 59.2 Å². The number of aliphatic hydroxyl groups excluding tert-OH is 1. The Kier molecular flexibility index (Phi) is 8.09. The fourth-order valence-corrected chi connectivity index (χ4v) is 4.03. The maximum Gasteiger partial charge on any atom is 0.137 e. The Hall–Kier alpha value is -2.59. The zero-order valence-electron chi connectivity index (χ0n) is 18.0. The molecule has 0 aromatic heterocycles. The van der Waals surface area contributed by atoms with Crippen LogP contribution < -0.4 is 19.3 Å². The highest BCUT2D eigenvalue weighted by Crippen LogP contribution is 2.18. The number of quaternary nitrogens is 2. The van der Waals surface area contributed by atoms with E-state index >= 15 is 0 Å². The van der Waals surface area contributed by atoms with E-state index in [0.29, 0.717) is 13.0 Å². The topological polar surface area (TPSA) is 71.4 Å². The van der Waals surface area contributed by atoms with Crippen LogP contribution in [0.2, 0.25) is 0 Å². The van der Waals surface area contributed by atoms with E-state index in [1.165, 1.54) is 16.0 Å². The molecule has 2 aromatic carbocycles. The number of aliphatic hydroxyl groups is 1. The Bertz CT molecular complexity index is 840. The van der Waals surface area contributed by atoms with E-state index < -0.39 is 6.10 Å². The van der Waals surface area contributed by atoms with Gasteiger partial charge in [-0.1, -0.05) is 23.8 Å². The highest BCUT2D eigenvalue weighted by molar-refractivity contribution is 5.36. The molecule has 6 heteroatoms. The molecule has 0 unspecified atom stereocenters. The number of rotatable bonds is 9. The van der Waals surface area contributed by atoms with Gasteiger partial charge in [-0.25, -0.2) is 0 Å². The lowest BCUT2D eigenvalue weighted by atomic mass is 10.1. The normalized spacial score (nSPS) is 19.7. The van der Waals surface area contributed by atoms with Crippen LogP contribution in [0, 0.1) is 18.3 Å². The third kappa shape index (κ3) is 6.46. The molecule has 30 heavy (non-hydrogen) atoms. The van der Waals surface area contributed by atoms with E-state index in [4.69, 9.17) is 14.7 Å². The van der Waals surface area contributed by atoms with Crippen LogP contribution in [0.3, 0.4) is 0 Å². The molecule has 3 rings (SSSR count). The second-order valence-corrected chi connectivity index (χ2v) is 8.14. The summed E-state index contributed by atoms with van der Waals surface area (Å²) in [4.78, 5) is 2.99. The predicted molar refractivity (Wildman–Crippen MR) is 115 cm³/mol. The van der Waals surface area contributed by atoms with E-state index in [2.05, 4.69) is 31.2 Å². The molecule has 0 saturated carbocycles. The number of aryl methyl sites for hydroxylation is 1. The second kappa shape index (κ2) is 11.0. The number of ether oxygens (including phenoxy) is 2. The Morgan fingerprint density at radius 1 is 1.07 bits per heavy atom. The summed E-state index contributed by atoms with van der Waals surface area (Å²) in [5.41, 5.74) is 3.50. The van der Waals surface area contributed by atoms with Gasteiger partial charge in [-0.05, 0) is 36.8 Å². The average Bonchev–Trinajstić information content (AvgIpc) is 2.75. The summed E-state index contributed by atoms with van der Waals surface area (Å²) in [5, 5.41) is 19.1. The van der Waals surface area contributed by atoms with Crippen LogP contribution in [0.1, 0.15) is 16.7 Å². The number of nitrogens with one attached hydrogen (secondary N) is 2. The maximum atomic E-state index is 10.4. The van der Waals surface area contributed by atoms with Crippen LogP contribution in [0.25, 0.3) is 0 Å². The lowest BCUT2D eigenvalue weighted by Crippen LogP contribution is -3.28. The Balaban J connectivity index is 1.40. The van der Waals surface area contributed by atoms with Crippen molar-refractivity contribution in [2.24, 2.45) is 0 Å². The molecule has 0 amide bonds. The summed E-state index contributed by atoms with van der Waals surface area (Å²) in [7, 11) is 1.73. The molecule has 2 aromatic rings. The third-order valence-electron chi connectivity index (χ3n) is 5.71. The van der Waals surface area contributed by atoms with Crippen molar-refractivity contribution >= 4 is 0 Å². The van der Waals surface area contributed by atoms with E-state index in [1.54, 1.807) is 12.0 Å². The van der Waals surface area contributed by atoms with Crippen LogP contribution in [0.5, 0.6) is 11.5 Å². The van der Waals surface area contributed by atoms with Gasteiger partial charge in [0.2, 0.25) is 0 Å². The lowest BCUT2D eigenvalue weighted by molar-refractivity contribution is -1.02. The highest BCUT2D eigenvalue weighted by atomic mass is 16.5. The van der Waals surface area contributed by atoms with Crippen LogP contribution in [-0.4, -0.2) is 57.7 Å². The summed E-state index contributed by atoms with van der Waals surface area (Å²) >= 11 is 0. The van der Waals surface area contributed by atoms with Crippen molar-refractivity contribution in [2.75, 3.05) is 46.4 Å². The second-order valence-electron chi connectivity index (χ2n) is 8.14. The molecule has 0 radical (unpaired) electrons. The zero-order valence-corrected chi connectivity index (χ0v) is 18.0. The van der Waals surface area contributed by atoms with E-state index in [1.807, 2.05) is 24.3 Å². The fourth-order valence-electron chi connectivity index (χ4n) is 4.03. The number of methoxy groups -OCH3 is 1. The van der Waals surface area contributed by atoms with Gasteiger partial charge in [-0.15, -0.1) is 0 Å². The molecular formula is C24H33N3O3+2. The molecular weight excluding hydrogens is 378 g/mol. The molecule has 1 aliphatic heterocycles. The van der Waals surface area contributed by atoms with Gasteiger partial charge < -0.3 is 24.4 Å². The Labute approximate surface area is 179 Å². The van der Waals surface area contributed by atoms with Crippen molar-refractivity contribution in [2.45, 2.75) is 26.0 Å². The minimum atomic E-state index is -0.489. The van der Waals surface area contributed by atoms with Crippen LogP contribution in [0.4, 0.5) is 0 Å². The monoisotopic (exact) mass is 411 g/mol. The van der Waals surface area contributed by atoms with Gasteiger partial charge in [0.25, 0.3) is 0 Å². The summed E-state index contributed by atoms with van der Waals surface area (Å²) in [6, 6.07) is 16.0. The van der Waals surface area contributed by atoms with Gasteiger partial charge in [0, 0.05) is 5.56 Å². The SMILES string of the molecule is COc1ccc(C)cc1C[NH+]1CC[NH+](C[C@@H](O)COc2ccc(CC#N)cc2)CC1. The number of hydrogen-bond acceptors (Lipinski definition) is 4. The van der Waals surface area contributed by atoms with Crippen LogP contribution in [-0.2, 0) is 13.0 Å². The zero-order chi connectivity index (χ0) is 21.3. The molecule has 0 spiro atoms. The van der Waals surface area contributed by atoms with Gasteiger partial charge in [-0.3, -0.25) is 0 Å². The molecule has 0 aliphatic carbocycles. The van der Waals surface area contributed by atoms with Crippen LogP contribution in [0.15, 0.2) is 42.5 Å². The van der Waals surface area contributed by atoms with Gasteiger partial charge >= 0.3 is 0 Å². The molecule has 1 atom stereocenters. The van der Waals surface area contributed by atoms with Crippen molar-refractivity contribution < 1.29 is 24.4 Å². The average molecular weight is 412 g/mol. The first-order valence-corrected chi connectivity index (χ1v) is 10.6. The summed E-state index contributed by atoms with van der Waals surface area (Å²) < 4.78 is 11.2.